The highest BCUT2D eigenvalue weighted by molar-refractivity contribution is 6.40. The summed E-state index contributed by atoms with van der Waals surface area (Å²) in [7, 11) is -1.33. The molecule has 6 N–H and O–H groups in total. The Morgan fingerprint density at radius 1 is 1.33 bits per heavy atom. The van der Waals surface area contributed by atoms with E-state index in [2.05, 4.69) is 23.5 Å². The van der Waals surface area contributed by atoms with Crippen molar-refractivity contribution in [3.8, 4) is 0 Å². The number of allylic oxidation sites excluding steroid dienone is 2. The van der Waals surface area contributed by atoms with Gasteiger partial charge in [0.1, 0.15) is 5.54 Å². The molecule has 0 aromatic rings. The van der Waals surface area contributed by atoms with Crippen molar-refractivity contribution >= 4 is 13.1 Å². The molecule has 0 amide bonds. The van der Waals surface area contributed by atoms with Crippen LogP contribution < -0.4 is 11.1 Å². The molecule has 2 rings (SSSR count). The molecule has 1 fully saturated rings. The highest BCUT2D eigenvalue weighted by Crippen LogP contribution is 2.38. The van der Waals surface area contributed by atoms with Crippen LogP contribution in [0.3, 0.4) is 0 Å². The molecule has 0 spiro atoms. The van der Waals surface area contributed by atoms with Crippen LogP contribution in [-0.2, 0) is 4.79 Å². The molecule has 0 bridgehead atoms. The third kappa shape index (κ3) is 5.18. The molecule has 1 unspecified atom stereocenters. The highest BCUT2D eigenvalue weighted by Gasteiger charge is 2.47. The van der Waals surface area contributed by atoms with Gasteiger partial charge in [-0.3, -0.25) is 4.79 Å². The minimum atomic E-state index is -1.33. The summed E-state index contributed by atoms with van der Waals surface area (Å²) in [6.07, 6.45) is 12.1. The maximum atomic E-state index is 11.6. The molecule has 1 atom stereocenters. The van der Waals surface area contributed by atoms with E-state index in [0.29, 0.717) is 25.3 Å². The molecule has 0 aromatic carbocycles. The quantitative estimate of drug-likeness (QED) is 0.301. The van der Waals surface area contributed by atoms with Crippen molar-refractivity contribution in [1.82, 2.24) is 5.32 Å². The Balaban J connectivity index is 1.74. The van der Waals surface area contributed by atoms with Crippen LogP contribution in [0.25, 0.3) is 0 Å². The third-order valence-electron chi connectivity index (χ3n) is 5.23. The first-order valence-corrected chi connectivity index (χ1v) is 8.89. The minimum Gasteiger partial charge on any atom is -0.480 e. The van der Waals surface area contributed by atoms with Crippen molar-refractivity contribution in [3.63, 3.8) is 0 Å². The Kier molecular flexibility index (Phi) is 7.04. The van der Waals surface area contributed by atoms with Gasteiger partial charge in [0.05, 0.1) is 0 Å². The number of carbonyl (C=O) groups is 1. The Labute approximate surface area is 144 Å². The topological polar surface area (TPSA) is 116 Å². The average molecular weight is 336 g/mol. The van der Waals surface area contributed by atoms with Gasteiger partial charge < -0.3 is 26.2 Å². The van der Waals surface area contributed by atoms with Gasteiger partial charge in [-0.2, -0.15) is 0 Å². The van der Waals surface area contributed by atoms with Gasteiger partial charge in [-0.25, -0.2) is 0 Å². The molecule has 2 aliphatic carbocycles. The van der Waals surface area contributed by atoms with E-state index in [4.69, 9.17) is 15.8 Å². The fourth-order valence-electron chi connectivity index (χ4n) is 3.50. The fourth-order valence-corrected chi connectivity index (χ4v) is 3.50. The normalized spacial score (nSPS) is 25.5. The zero-order chi connectivity index (χ0) is 17.6. The molecule has 24 heavy (non-hydrogen) atoms. The smallest absolute Gasteiger partial charge is 0.451 e. The second kappa shape index (κ2) is 8.81. The number of hydrogen-bond donors (Lipinski definition) is 5. The average Bonchev–Trinajstić information content (AvgIpc) is 2.50. The molecule has 0 aromatic heterocycles. The van der Waals surface area contributed by atoms with E-state index in [1.54, 1.807) is 0 Å². The zero-order valence-corrected chi connectivity index (χ0v) is 14.2. The highest BCUT2D eigenvalue weighted by atomic mass is 16.4. The molecule has 1 saturated carbocycles. The first-order valence-electron chi connectivity index (χ1n) is 8.89. The van der Waals surface area contributed by atoms with E-state index in [0.717, 1.165) is 32.2 Å². The molecular formula is C17H29BN2O4. The summed E-state index contributed by atoms with van der Waals surface area (Å²) < 4.78 is 0. The summed E-state index contributed by atoms with van der Waals surface area (Å²) in [5.41, 5.74) is 6.28. The van der Waals surface area contributed by atoms with Crippen LogP contribution in [0, 0.1) is 5.92 Å². The number of nitrogens with two attached hydrogens (primary N) is 1. The molecule has 134 valence electrons. The molecular weight excluding hydrogens is 307 g/mol. The molecule has 2 aliphatic rings. The number of aliphatic carboxylic acids is 1. The summed E-state index contributed by atoms with van der Waals surface area (Å²) >= 11 is 0. The standard InChI is InChI=1S/C17H29BN2O4/c19-17(16(21)22,8-4-5-9-18(23)24)14-10-15(11-14)20-12-13-6-2-1-3-7-13/h2,6-7,14-15,20,23-24H,1,3-5,8-12,19H2,(H,21,22). The number of nitrogens with one attached hydrogen (secondary N) is 1. The molecule has 7 heteroatoms. The van der Waals surface area contributed by atoms with Crippen LogP contribution >= 0.6 is 0 Å². The van der Waals surface area contributed by atoms with Gasteiger partial charge in [-0.15, -0.1) is 0 Å². The van der Waals surface area contributed by atoms with E-state index in [-0.39, 0.29) is 12.2 Å². The van der Waals surface area contributed by atoms with E-state index < -0.39 is 18.6 Å². The lowest BCUT2D eigenvalue weighted by Gasteiger charge is -2.45. The predicted octanol–water partition coefficient (Wildman–Crippen LogP) is 1.06. The Morgan fingerprint density at radius 3 is 2.67 bits per heavy atom. The van der Waals surface area contributed by atoms with Gasteiger partial charge in [-0.1, -0.05) is 31.1 Å². The van der Waals surface area contributed by atoms with Crippen LogP contribution in [0.2, 0.25) is 6.32 Å². The SMILES string of the molecule is NC(CCCCB(O)O)(C(=O)O)C1CC(NCC2=CCCC=C2)C1. The molecule has 0 heterocycles. The number of hydrogen-bond acceptors (Lipinski definition) is 5. The van der Waals surface area contributed by atoms with Crippen LogP contribution in [0.5, 0.6) is 0 Å². The second-order valence-corrected chi connectivity index (χ2v) is 7.08. The van der Waals surface area contributed by atoms with E-state index in [9.17, 15) is 9.90 Å². The van der Waals surface area contributed by atoms with Crippen LogP contribution in [0.1, 0.15) is 44.9 Å². The lowest BCUT2D eigenvalue weighted by atomic mass is 9.66. The minimum absolute atomic E-state index is 0.0255. The van der Waals surface area contributed by atoms with Gasteiger partial charge in [0.2, 0.25) is 0 Å². The zero-order valence-electron chi connectivity index (χ0n) is 14.2. The van der Waals surface area contributed by atoms with Crippen molar-refractivity contribution in [2.24, 2.45) is 11.7 Å². The Morgan fingerprint density at radius 2 is 2.08 bits per heavy atom. The van der Waals surface area contributed by atoms with Crippen molar-refractivity contribution in [2.75, 3.05) is 6.54 Å². The summed E-state index contributed by atoms with van der Waals surface area (Å²) in [6.45, 7) is 0.826. The summed E-state index contributed by atoms with van der Waals surface area (Å²) in [6, 6.07) is 0.327. The van der Waals surface area contributed by atoms with Crippen LogP contribution in [-0.4, -0.2) is 46.4 Å². The first-order chi connectivity index (χ1) is 11.4. The maximum Gasteiger partial charge on any atom is 0.451 e. The van der Waals surface area contributed by atoms with E-state index >= 15 is 0 Å². The lowest BCUT2D eigenvalue weighted by molar-refractivity contribution is -0.148. The third-order valence-corrected chi connectivity index (χ3v) is 5.23. The summed E-state index contributed by atoms with van der Waals surface area (Å²) in [5.74, 6) is -0.976. The molecule has 0 radical (unpaired) electrons. The molecule has 0 saturated heterocycles. The van der Waals surface area contributed by atoms with E-state index in [1.807, 2.05) is 0 Å². The number of carboxylic acids is 1. The summed E-state index contributed by atoms with van der Waals surface area (Å²) in [5, 5.41) is 30.7. The Hall–Kier alpha value is -1.15. The second-order valence-electron chi connectivity index (χ2n) is 7.08. The van der Waals surface area contributed by atoms with Crippen molar-refractivity contribution < 1.29 is 19.9 Å². The Bertz CT molecular complexity index is 489. The maximum absolute atomic E-state index is 11.6. The largest absolute Gasteiger partial charge is 0.480 e. The van der Waals surface area contributed by atoms with Gasteiger partial charge in [0.15, 0.2) is 0 Å². The van der Waals surface area contributed by atoms with Crippen LogP contribution in [0.4, 0.5) is 0 Å². The van der Waals surface area contributed by atoms with Crippen LogP contribution in [0.15, 0.2) is 23.8 Å². The lowest BCUT2D eigenvalue weighted by Crippen LogP contribution is -2.61. The van der Waals surface area contributed by atoms with Crippen molar-refractivity contribution in [2.45, 2.75) is 62.8 Å². The monoisotopic (exact) mass is 336 g/mol. The van der Waals surface area contributed by atoms with E-state index in [1.165, 1.54) is 5.57 Å². The van der Waals surface area contributed by atoms with Crippen molar-refractivity contribution in [3.05, 3.63) is 23.8 Å². The fraction of sp³-hybridized carbons (Fsp3) is 0.706. The van der Waals surface area contributed by atoms with Crippen molar-refractivity contribution in [1.29, 1.82) is 0 Å². The molecule has 0 aliphatic heterocycles. The predicted molar refractivity (Wildman–Crippen MR) is 94.4 cm³/mol. The number of unbranched alkanes of at least 4 members (excludes halogenated alkanes) is 1. The number of carboxylic acid groups (broad SMARTS) is 1. The van der Waals surface area contributed by atoms with Gasteiger partial charge in [-0.05, 0) is 49.9 Å². The van der Waals surface area contributed by atoms with Gasteiger partial charge in [0, 0.05) is 12.6 Å². The van der Waals surface area contributed by atoms with Gasteiger partial charge in [0.25, 0.3) is 0 Å². The molecule has 6 nitrogen and oxygen atoms in total. The van der Waals surface area contributed by atoms with Gasteiger partial charge >= 0.3 is 13.1 Å². The first kappa shape index (κ1) is 19.2. The number of rotatable bonds is 10. The summed E-state index contributed by atoms with van der Waals surface area (Å²) in [4.78, 5) is 11.6.